The first-order valence-electron chi connectivity index (χ1n) is 7.34. The molecule has 0 atom stereocenters. The Kier molecular flexibility index (Phi) is 4.26. The van der Waals surface area contributed by atoms with Gasteiger partial charge < -0.3 is 10.2 Å². The topological polar surface area (TPSA) is 40.5 Å². The van der Waals surface area contributed by atoms with E-state index < -0.39 is 0 Å². The van der Waals surface area contributed by atoms with E-state index in [4.69, 9.17) is 0 Å². The van der Waals surface area contributed by atoms with Crippen molar-refractivity contribution in [3.63, 3.8) is 0 Å². The summed E-state index contributed by atoms with van der Waals surface area (Å²) < 4.78 is 0. The van der Waals surface area contributed by atoms with Crippen LogP contribution in [-0.2, 0) is 12.8 Å². The molecule has 0 unspecified atom stereocenters. The van der Waals surface area contributed by atoms with E-state index in [0.717, 1.165) is 24.0 Å². The molecule has 0 aliphatic heterocycles. The third kappa shape index (κ3) is 4.01. The molecule has 112 valence electrons. The fraction of sp³-hybridized carbons (Fsp3) is 0.368. The largest absolute Gasteiger partial charge is 0.508 e. The number of hydrogen-bond acceptors (Lipinski definition) is 2. The lowest BCUT2D eigenvalue weighted by Gasteiger charge is -2.25. The van der Waals surface area contributed by atoms with Crippen molar-refractivity contribution in [1.82, 2.24) is 0 Å². The highest BCUT2D eigenvalue weighted by molar-refractivity contribution is 5.37. The molecule has 0 aliphatic carbocycles. The van der Waals surface area contributed by atoms with Gasteiger partial charge in [-0.05, 0) is 66.5 Å². The average molecular weight is 284 g/mol. The van der Waals surface area contributed by atoms with Crippen LogP contribution in [0.4, 0.5) is 0 Å². The molecule has 0 saturated heterocycles. The normalized spacial score (nSPS) is 11.6. The van der Waals surface area contributed by atoms with Crippen molar-refractivity contribution in [3.05, 3.63) is 58.7 Å². The molecule has 2 aromatic rings. The molecule has 2 nitrogen and oxygen atoms in total. The van der Waals surface area contributed by atoms with Crippen LogP contribution in [0.25, 0.3) is 0 Å². The predicted molar refractivity (Wildman–Crippen MR) is 86.9 cm³/mol. The number of rotatable bonds is 4. The first-order valence-corrected chi connectivity index (χ1v) is 7.34. The highest BCUT2D eigenvalue weighted by Gasteiger charge is 2.20. The van der Waals surface area contributed by atoms with Crippen molar-refractivity contribution >= 4 is 0 Å². The van der Waals surface area contributed by atoms with Crippen molar-refractivity contribution < 1.29 is 10.2 Å². The zero-order chi connectivity index (χ0) is 15.6. The molecule has 0 fully saturated rings. The highest BCUT2D eigenvalue weighted by Crippen LogP contribution is 2.30. The first kappa shape index (κ1) is 15.4. The number of benzene rings is 2. The van der Waals surface area contributed by atoms with Crippen LogP contribution in [0.15, 0.2) is 36.4 Å². The van der Waals surface area contributed by atoms with Crippen LogP contribution in [0.3, 0.4) is 0 Å². The third-order valence-corrected chi connectivity index (χ3v) is 3.89. The standard InChI is InChI=1S/C19H24O2/c1-13-9-15(5-7-17(13)20)11-19(3,4)12-16-6-8-18(21)14(2)10-16/h5-10,20-21H,11-12H2,1-4H3. The minimum Gasteiger partial charge on any atom is -0.508 e. The fourth-order valence-corrected chi connectivity index (χ4v) is 2.82. The molecule has 0 radical (unpaired) electrons. The Bertz CT molecular complexity index is 587. The molecule has 0 amide bonds. The van der Waals surface area contributed by atoms with Gasteiger partial charge in [0.05, 0.1) is 0 Å². The van der Waals surface area contributed by atoms with Crippen LogP contribution in [0.2, 0.25) is 0 Å². The Hall–Kier alpha value is -1.96. The van der Waals surface area contributed by atoms with E-state index in [1.807, 2.05) is 26.0 Å². The van der Waals surface area contributed by atoms with Gasteiger partial charge in [-0.3, -0.25) is 0 Å². The molecule has 0 aliphatic rings. The Morgan fingerprint density at radius 2 is 1.14 bits per heavy atom. The van der Waals surface area contributed by atoms with E-state index in [9.17, 15) is 10.2 Å². The molecule has 0 aromatic heterocycles. The van der Waals surface area contributed by atoms with Gasteiger partial charge >= 0.3 is 0 Å². The Morgan fingerprint density at radius 3 is 1.48 bits per heavy atom. The lowest BCUT2D eigenvalue weighted by molar-refractivity contribution is 0.360. The summed E-state index contributed by atoms with van der Waals surface area (Å²) in [5, 5.41) is 19.2. The van der Waals surface area contributed by atoms with E-state index in [2.05, 4.69) is 26.0 Å². The minimum atomic E-state index is 0.118. The van der Waals surface area contributed by atoms with Crippen molar-refractivity contribution in [2.45, 2.75) is 40.5 Å². The summed E-state index contributed by atoms with van der Waals surface area (Å²) in [6.45, 7) is 8.35. The van der Waals surface area contributed by atoms with E-state index in [-0.39, 0.29) is 5.41 Å². The second-order valence-corrected chi connectivity index (χ2v) is 6.76. The fourth-order valence-electron chi connectivity index (χ4n) is 2.82. The zero-order valence-electron chi connectivity index (χ0n) is 13.3. The van der Waals surface area contributed by atoms with Gasteiger partial charge in [0.15, 0.2) is 0 Å². The number of phenolic OH excluding ortho intramolecular Hbond substituents is 2. The van der Waals surface area contributed by atoms with E-state index in [1.165, 1.54) is 11.1 Å². The molecule has 0 heterocycles. The second-order valence-electron chi connectivity index (χ2n) is 6.76. The predicted octanol–water partition coefficient (Wildman–Crippen LogP) is 4.53. The van der Waals surface area contributed by atoms with Crippen molar-refractivity contribution in [1.29, 1.82) is 0 Å². The maximum Gasteiger partial charge on any atom is 0.118 e. The molecule has 0 bridgehead atoms. The summed E-state index contributed by atoms with van der Waals surface area (Å²) in [5.74, 6) is 0.705. The Balaban J connectivity index is 2.13. The smallest absolute Gasteiger partial charge is 0.118 e. The van der Waals surface area contributed by atoms with Crippen LogP contribution < -0.4 is 0 Å². The molecule has 2 rings (SSSR count). The van der Waals surface area contributed by atoms with Crippen LogP contribution in [0, 0.1) is 19.3 Å². The summed E-state index contributed by atoms with van der Waals surface area (Å²) in [5.41, 5.74) is 4.44. The summed E-state index contributed by atoms with van der Waals surface area (Å²) in [4.78, 5) is 0. The number of phenols is 2. The van der Waals surface area contributed by atoms with Crippen molar-refractivity contribution in [2.75, 3.05) is 0 Å². The zero-order valence-corrected chi connectivity index (χ0v) is 13.3. The van der Waals surface area contributed by atoms with Gasteiger partial charge in [-0.2, -0.15) is 0 Å². The van der Waals surface area contributed by atoms with Crippen LogP contribution in [0.5, 0.6) is 11.5 Å². The van der Waals surface area contributed by atoms with E-state index in [1.54, 1.807) is 12.1 Å². The number of hydrogen-bond donors (Lipinski definition) is 2. The van der Waals surface area contributed by atoms with Gasteiger partial charge in [0, 0.05) is 0 Å². The molecular weight excluding hydrogens is 260 g/mol. The van der Waals surface area contributed by atoms with Crippen LogP contribution >= 0.6 is 0 Å². The van der Waals surface area contributed by atoms with Crippen LogP contribution in [0.1, 0.15) is 36.1 Å². The number of aromatic hydroxyl groups is 2. The number of aryl methyl sites for hydroxylation is 2. The summed E-state index contributed by atoms with van der Waals surface area (Å²) >= 11 is 0. The summed E-state index contributed by atoms with van der Waals surface area (Å²) in [7, 11) is 0. The minimum absolute atomic E-state index is 0.118. The molecular formula is C19H24O2. The first-order chi connectivity index (χ1) is 9.77. The Morgan fingerprint density at radius 1 is 0.762 bits per heavy atom. The van der Waals surface area contributed by atoms with Gasteiger partial charge in [0.1, 0.15) is 11.5 Å². The van der Waals surface area contributed by atoms with Gasteiger partial charge in [-0.1, -0.05) is 38.1 Å². The quantitative estimate of drug-likeness (QED) is 0.866. The lowest BCUT2D eigenvalue weighted by atomic mass is 9.80. The van der Waals surface area contributed by atoms with Crippen molar-refractivity contribution in [2.24, 2.45) is 5.41 Å². The maximum absolute atomic E-state index is 9.61. The molecule has 2 aromatic carbocycles. The van der Waals surface area contributed by atoms with Gasteiger partial charge in [0.25, 0.3) is 0 Å². The second kappa shape index (κ2) is 5.80. The van der Waals surface area contributed by atoms with Gasteiger partial charge in [0.2, 0.25) is 0 Å². The molecule has 2 N–H and O–H groups in total. The van der Waals surface area contributed by atoms with Gasteiger partial charge in [-0.15, -0.1) is 0 Å². The summed E-state index contributed by atoms with van der Waals surface area (Å²) in [6.07, 6.45) is 1.90. The third-order valence-electron chi connectivity index (χ3n) is 3.89. The lowest BCUT2D eigenvalue weighted by Crippen LogP contribution is -2.18. The summed E-state index contributed by atoms with van der Waals surface area (Å²) in [6, 6.07) is 11.6. The molecule has 21 heavy (non-hydrogen) atoms. The Labute approximate surface area is 127 Å². The van der Waals surface area contributed by atoms with E-state index >= 15 is 0 Å². The van der Waals surface area contributed by atoms with Gasteiger partial charge in [-0.25, -0.2) is 0 Å². The maximum atomic E-state index is 9.61. The average Bonchev–Trinajstić information content (AvgIpc) is 2.37. The molecule has 0 spiro atoms. The van der Waals surface area contributed by atoms with Crippen molar-refractivity contribution in [3.8, 4) is 11.5 Å². The monoisotopic (exact) mass is 284 g/mol. The highest BCUT2D eigenvalue weighted by atomic mass is 16.3. The molecule has 2 heteroatoms. The van der Waals surface area contributed by atoms with E-state index in [0.29, 0.717) is 11.5 Å². The molecule has 0 saturated carbocycles. The van der Waals surface area contributed by atoms with Crippen LogP contribution in [-0.4, -0.2) is 10.2 Å². The SMILES string of the molecule is Cc1cc(CC(C)(C)Cc2ccc(O)c(C)c2)ccc1O.